The second-order valence-corrected chi connectivity index (χ2v) is 3.09. The Bertz CT molecular complexity index is 481. The highest BCUT2D eigenvalue weighted by Crippen LogP contribution is 2.14. The first kappa shape index (κ1) is 8.18. The minimum Gasteiger partial charge on any atom is -0.442 e. The van der Waals surface area contributed by atoms with E-state index in [1.807, 2.05) is 6.92 Å². The first-order chi connectivity index (χ1) is 6.18. The van der Waals surface area contributed by atoms with Crippen LogP contribution in [0.1, 0.15) is 5.69 Å². The Balaban J connectivity index is 2.58. The van der Waals surface area contributed by atoms with Gasteiger partial charge < -0.3 is 4.42 Å². The number of aromatic amines is 1. The predicted octanol–water partition coefficient (Wildman–Crippen LogP) is 1.44. The van der Waals surface area contributed by atoms with Crippen LogP contribution in [-0.4, -0.2) is 19.7 Å². The van der Waals surface area contributed by atoms with Crippen LogP contribution in [0.2, 0.25) is 0 Å². The van der Waals surface area contributed by atoms with Crippen LogP contribution in [0.4, 0.5) is 0 Å². The normalized spacial score (nSPS) is 10.6. The van der Waals surface area contributed by atoms with Crippen LogP contribution in [0.25, 0.3) is 11.7 Å². The summed E-state index contributed by atoms with van der Waals surface area (Å²) in [4.78, 5) is 4.14. The molecule has 2 aromatic heterocycles. The molecule has 0 amide bonds. The summed E-state index contributed by atoms with van der Waals surface area (Å²) in [5, 5.41) is 6.65. The number of aromatic nitrogens is 4. The van der Waals surface area contributed by atoms with Gasteiger partial charge in [0.25, 0.3) is 5.89 Å². The Morgan fingerprint density at radius 1 is 1.62 bits per heavy atom. The molecule has 68 valence electrons. The van der Waals surface area contributed by atoms with Crippen LogP contribution in [0.15, 0.2) is 10.7 Å². The fourth-order valence-electron chi connectivity index (χ4n) is 0.995. The monoisotopic (exact) mass is 196 g/mol. The van der Waals surface area contributed by atoms with Crippen molar-refractivity contribution in [2.45, 2.75) is 6.92 Å². The maximum absolute atomic E-state index is 5.18. The molecule has 5 nitrogen and oxygen atoms in total. The number of oxazole rings is 1. The molecule has 0 fully saturated rings. The lowest BCUT2D eigenvalue weighted by molar-refractivity contribution is 0.564. The van der Waals surface area contributed by atoms with Gasteiger partial charge in [0.05, 0.1) is 5.69 Å². The molecule has 0 bridgehead atoms. The van der Waals surface area contributed by atoms with Crippen LogP contribution >= 0.6 is 12.2 Å². The van der Waals surface area contributed by atoms with Gasteiger partial charge in [-0.15, -0.1) is 5.10 Å². The summed E-state index contributed by atoms with van der Waals surface area (Å²) >= 11 is 4.96. The van der Waals surface area contributed by atoms with E-state index in [2.05, 4.69) is 15.2 Å². The molecular weight excluding hydrogens is 188 g/mol. The van der Waals surface area contributed by atoms with E-state index in [1.54, 1.807) is 17.9 Å². The third kappa shape index (κ3) is 1.29. The largest absolute Gasteiger partial charge is 0.442 e. The Morgan fingerprint density at radius 3 is 2.85 bits per heavy atom. The Morgan fingerprint density at radius 2 is 2.38 bits per heavy atom. The zero-order valence-electron chi connectivity index (χ0n) is 7.24. The van der Waals surface area contributed by atoms with E-state index in [0.29, 0.717) is 16.5 Å². The smallest absolute Gasteiger partial charge is 0.265 e. The molecular formula is C7H8N4OS. The van der Waals surface area contributed by atoms with Gasteiger partial charge in [-0.3, -0.25) is 9.67 Å². The summed E-state index contributed by atoms with van der Waals surface area (Å²) in [6, 6.07) is 0. The van der Waals surface area contributed by atoms with Gasteiger partial charge in [-0.25, -0.2) is 4.98 Å². The Hall–Kier alpha value is -1.43. The highest BCUT2D eigenvalue weighted by molar-refractivity contribution is 7.71. The fraction of sp³-hybridized carbons (Fsp3) is 0.286. The zero-order chi connectivity index (χ0) is 9.42. The van der Waals surface area contributed by atoms with E-state index in [0.717, 1.165) is 5.69 Å². The molecule has 0 radical (unpaired) electrons. The molecule has 0 unspecified atom stereocenters. The van der Waals surface area contributed by atoms with Crippen molar-refractivity contribution in [3.05, 3.63) is 16.7 Å². The third-order valence-corrected chi connectivity index (χ3v) is 2.06. The molecule has 6 heteroatoms. The zero-order valence-corrected chi connectivity index (χ0v) is 8.05. The van der Waals surface area contributed by atoms with E-state index in [9.17, 15) is 0 Å². The fourth-order valence-corrected chi connectivity index (χ4v) is 1.13. The topological polar surface area (TPSA) is 59.6 Å². The first-order valence-electron chi connectivity index (χ1n) is 3.72. The molecule has 0 atom stereocenters. The second-order valence-electron chi connectivity index (χ2n) is 2.71. The average Bonchev–Trinajstić information content (AvgIpc) is 2.62. The summed E-state index contributed by atoms with van der Waals surface area (Å²) in [5.74, 6) is 1.09. The molecule has 0 aromatic carbocycles. The van der Waals surface area contributed by atoms with Gasteiger partial charge in [0, 0.05) is 7.05 Å². The van der Waals surface area contributed by atoms with Crippen LogP contribution in [0.5, 0.6) is 0 Å². The lowest BCUT2D eigenvalue weighted by Gasteiger charge is -1.92. The van der Waals surface area contributed by atoms with Gasteiger partial charge in [0.1, 0.15) is 6.26 Å². The molecule has 13 heavy (non-hydrogen) atoms. The van der Waals surface area contributed by atoms with Gasteiger partial charge >= 0.3 is 0 Å². The molecule has 2 rings (SSSR count). The van der Waals surface area contributed by atoms with E-state index in [4.69, 9.17) is 16.6 Å². The van der Waals surface area contributed by atoms with Gasteiger partial charge in [0.2, 0.25) is 5.82 Å². The summed E-state index contributed by atoms with van der Waals surface area (Å²) in [5.41, 5.74) is 0.823. The summed E-state index contributed by atoms with van der Waals surface area (Å²) in [6.45, 7) is 1.86. The van der Waals surface area contributed by atoms with E-state index in [1.165, 1.54) is 0 Å². The maximum atomic E-state index is 5.18. The predicted molar refractivity (Wildman–Crippen MR) is 48.6 cm³/mol. The third-order valence-electron chi connectivity index (χ3n) is 1.69. The van der Waals surface area contributed by atoms with E-state index < -0.39 is 0 Å². The molecule has 0 saturated heterocycles. The van der Waals surface area contributed by atoms with Crippen molar-refractivity contribution in [2.75, 3.05) is 0 Å². The maximum Gasteiger partial charge on any atom is 0.265 e. The van der Waals surface area contributed by atoms with Crippen LogP contribution in [0, 0.1) is 11.7 Å². The highest BCUT2D eigenvalue weighted by Gasteiger charge is 2.10. The molecule has 0 aliphatic heterocycles. The first-order valence-corrected chi connectivity index (χ1v) is 4.13. The lowest BCUT2D eigenvalue weighted by atomic mass is 10.5. The van der Waals surface area contributed by atoms with Crippen LogP contribution < -0.4 is 0 Å². The van der Waals surface area contributed by atoms with E-state index in [-0.39, 0.29) is 0 Å². The Kier molecular flexibility index (Phi) is 1.77. The van der Waals surface area contributed by atoms with Gasteiger partial charge in [-0.1, -0.05) is 0 Å². The van der Waals surface area contributed by atoms with Gasteiger partial charge in [-0.2, -0.15) is 0 Å². The summed E-state index contributed by atoms with van der Waals surface area (Å²) < 4.78 is 7.44. The Labute approximate surface area is 79.4 Å². The minimum atomic E-state index is 0.479. The molecule has 0 saturated carbocycles. The standard InChI is InChI=1S/C7H8N4OS/c1-4-3-12-6(8-4)5-9-10-7(13)11(5)2/h3H,1-2H3,(H,10,13). The summed E-state index contributed by atoms with van der Waals surface area (Å²) in [6.07, 6.45) is 1.58. The van der Waals surface area contributed by atoms with Crippen molar-refractivity contribution >= 4 is 12.2 Å². The molecule has 0 spiro atoms. The van der Waals surface area contributed by atoms with Crippen molar-refractivity contribution < 1.29 is 4.42 Å². The SMILES string of the molecule is Cc1coc(-c2n[nH]c(=S)n2C)n1. The highest BCUT2D eigenvalue weighted by atomic mass is 32.1. The van der Waals surface area contributed by atoms with Crippen molar-refractivity contribution in [1.82, 2.24) is 19.7 Å². The molecule has 2 heterocycles. The van der Waals surface area contributed by atoms with Crippen molar-refractivity contribution in [3.63, 3.8) is 0 Å². The summed E-state index contributed by atoms with van der Waals surface area (Å²) in [7, 11) is 1.81. The van der Waals surface area contributed by atoms with E-state index >= 15 is 0 Å². The number of nitrogens with zero attached hydrogens (tertiary/aromatic N) is 3. The minimum absolute atomic E-state index is 0.479. The molecule has 0 aliphatic rings. The van der Waals surface area contributed by atoms with Crippen molar-refractivity contribution in [3.8, 4) is 11.7 Å². The lowest BCUT2D eigenvalue weighted by Crippen LogP contribution is -1.92. The number of aryl methyl sites for hydroxylation is 1. The van der Waals surface area contributed by atoms with Crippen LogP contribution in [-0.2, 0) is 7.05 Å². The number of rotatable bonds is 1. The number of hydrogen-bond donors (Lipinski definition) is 1. The van der Waals surface area contributed by atoms with Crippen LogP contribution in [0.3, 0.4) is 0 Å². The van der Waals surface area contributed by atoms with Crippen molar-refractivity contribution in [1.29, 1.82) is 0 Å². The molecule has 2 aromatic rings. The second kappa shape index (κ2) is 2.81. The number of hydrogen-bond acceptors (Lipinski definition) is 4. The average molecular weight is 196 g/mol. The molecule has 1 N–H and O–H groups in total. The number of H-pyrrole nitrogens is 1. The van der Waals surface area contributed by atoms with Crippen molar-refractivity contribution in [2.24, 2.45) is 7.05 Å². The quantitative estimate of drug-likeness (QED) is 0.701. The van der Waals surface area contributed by atoms with Gasteiger partial charge in [-0.05, 0) is 19.1 Å². The number of nitrogens with one attached hydrogen (secondary N) is 1. The van der Waals surface area contributed by atoms with Gasteiger partial charge in [0.15, 0.2) is 4.77 Å². The molecule has 0 aliphatic carbocycles.